The Morgan fingerprint density at radius 2 is 1.56 bits per heavy atom. The third-order valence-electron chi connectivity index (χ3n) is 12.7. The lowest BCUT2D eigenvalue weighted by Gasteiger charge is -2.45. The highest BCUT2D eigenvalue weighted by molar-refractivity contribution is 6.33. The van der Waals surface area contributed by atoms with Crippen molar-refractivity contribution in [1.82, 2.24) is 20.0 Å². The number of anilines is 3. The number of carbonyl (C=O) groups excluding carboxylic acids is 5. The molecule has 5 heterocycles. The van der Waals surface area contributed by atoms with E-state index in [1.807, 2.05) is 42.2 Å². The van der Waals surface area contributed by atoms with Crippen molar-refractivity contribution in [2.24, 2.45) is 5.92 Å². The van der Waals surface area contributed by atoms with E-state index in [9.17, 15) is 24.0 Å². The van der Waals surface area contributed by atoms with Gasteiger partial charge in [0, 0.05) is 93.8 Å². The Morgan fingerprint density at radius 1 is 0.831 bits per heavy atom. The first-order valence-electron chi connectivity index (χ1n) is 20.5. The smallest absolute Gasteiger partial charge is 0.262 e. The second-order valence-corrected chi connectivity index (χ2v) is 16.9. The molecule has 5 aliphatic rings. The third kappa shape index (κ3) is 8.10. The fourth-order valence-electron chi connectivity index (χ4n) is 9.36. The monoisotopic (exact) mass is 822 g/mol. The molecule has 3 aromatic carbocycles. The molecule has 0 spiro atoms. The minimum absolute atomic E-state index is 0.0311. The Labute approximate surface area is 348 Å². The van der Waals surface area contributed by atoms with E-state index in [0.717, 1.165) is 74.9 Å². The van der Waals surface area contributed by atoms with E-state index in [4.69, 9.17) is 18.2 Å². The first-order valence-corrected chi connectivity index (χ1v) is 20.9. The highest BCUT2D eigenvalue weighted by Gasteiger charge is 2.45. The fourth-order valence-corrected chi connectivity index (χ4v) is 9.57. The molecule has 0 bridgehead atoms. The van der Waals surface area contributed by atoms with Gasteiger partial charge in [-0.15, -0.1) is 0 Å². The molecule has 0 aromatic heterocycles. The SMILES string of the molecule is [C-]#[N+]c1ccc(N2C[C@@H](C)N(C(=O)Cc3ccc(N4CCC(CN5CCN(c6ccc7c(c6)C(=O)N(C6CCC(=O)NC6=O)C7=O)CC5)CC4)c(F)c3)C[C@@H]2C)cc1Cl. The maximum Gasteiger partial charge on any atom is 0.262 e. The van der Waals surface area contributed by atoms with Crippen LogP contribution in [0.4, 0.5) is 27.1 Å². The van der Waals surface area contributed by atoms with Gasteiger partial charge in [-0.1, -0.05) is 23.7 Å². The summed E-state index contributed by atoms with van der Waals surface area (Å²) in [7, 11) is 0. The summed E-state index contributed by atoms with van der Waals surface area (Å²) < 4.78 is 15.6. The van der Waals surface area contributed by atoms with E-state index in [1.54, 1.807) is 18.2 Å². The summed E-state index contributed by atoms with van der Waals surface area (Å²) in [6.07, 6.45) is 2.22. The zero-order valence-electron chi connectivity index (χ0n) is 33.3. The minimum atomic E-state index is -0.988. The normalized spacial score (nSPS) is 23.1. The number of hydrogen-bond donors (Lipinski definition) is 1. The van der Waals surface area contributed by atoms with Crippen LogP contribution >= 0.6 is 11.6 Å². The Bertz CT molecular complexity index is 2230. The lowest BCUT2D eigenvalue weighted by Crippen LogP contribution is -2.58. The molecule has 0 saturated carbocycles. The Morgan fingerprint density at radius 3 is 2.25 bits per heavy atom. The summed E-state index contributed by atoms with van der Waals surface area (Å²) in [6, 6.07) is 14.9. The number of imide groups is 2. The quantitative estimate of drug-likeness (QED) is 0.244. The van der Waals surface area contributed by atoms with Crippen LogP contribution in [0, 0.1) is 18.3 Å². The number of fused-ring (bicyclic) bond motifs is 1. The average molecular weight is 823 g/mol. The number of amides is 5. The van der Waals surface area contributed by atoms with Gasteiger partial charge in [-0.2, -0.15) is 0 Å². The van der Waals surface area contributed by atoms with Crippen LogP contribution in [-0.2, 0) is 20.8 Å². The summed E-state index contributed by atoms with van der Waals surface area (Å²) >= 11 is 6.31. The van der Waals surface area contributed by atoms with E-state index in [-0.39, 0.29) is 54.2 Å². The molecule has 4 saturated heterocycles. The molecule has 13 nitrogen and oxygen atoms in total. The van der Waals surface area contributed by atoms with Gasteiger partial charge in [-0.25, -0.2) is 9.24 Å². The molecule has 3 atom stereocenters. The van der Waals surface area contributed by atoms with Gasteiger partial charge in [0.1, 0.15) is 11.9 Å². The maximum absolute atomic E-state index is 15.6. The van der Waals surface area contributed by atoms with Crippen molar-refractivity contribution in [3.05, 3.63) is 93.5 Å². The molecule has 8 rings (SSSR count). The van der Waals surface area contributed by atoms with Crippen LogP contribution in [0.15, 0.2) is 54.6 Å². The molecular weight excluding hydrogens is 775 g/mol. The molecule has 5 amide bonds. The maximum atomic E-state index is 15.6. The van der Waals surface area contributed by atoms with Crippen molar-refractivity contribution in [3.8, 4) is 0 Å². The molecule has 0 aliphatic carbocycles. The lowest BCUT2D eigenvalue weighted by molar-refractivity contribution is -0.136. The van der Waals surface area contributed by atoms with Crippen molar-refractivity contribution in [1.29, 1.82) is 0 Å². The molecule has 1 unspecified atom stereocenters. The first kappa shape index (κ1) is 40.3. The van der Waals surface area contributed by atoms with Crippen LogP contribution in [-0.4, -0.2) is 121 Å². The topological polar surface area (TPSA) is 121 Å². The summed E-state index contributed by atoms with van der Waals surface area (Å²) in [4.78, 5) is 79.3. The van der Waals surface area contributed by atoms with Crippen LogP contribution in [0.1, 0.15) is 65.8 Å². The highest BCUT2D eigenvalue weighted by atomic mass is 35.5. The number of piperidine rings is 2. The van der Waals surface area contributed by atoms with Crippen LogP contribution in [0.25, 0.3) is 4.85 Å². The van der Waals surface area contributed by atoms with Crippen molar-refractivity contribution < 1.29 is 28.4 Å². The first-order chi connectivity index (χ1) is 28.4. The van der Waals surface area contributed by atoms with Gasteiger partial charge in [0.2, 0.25) is 23.4 Å². The van der Waals surface area contributed by atoms with Crippen LogP contribution in [0.5, 0.6) is 0 Å². The second kappa shape index (κ2) is 16.6. The van der Waals surface area contributed by atoms with E-state index in [1.165, 1.54) is 6.07 Å². The van der Waals surface area contributed by atoms with Crippen molar-refractivity contribution in [2.75, 3.05) is 73.6 Å². The Kier molecular flexibility index (Phi) is 11.3. The van der Waals surface area contributed by atoms with Gasteiger partial charge < -0.3 is 19.6 Å². The number of rotatable bonds is 8. The number of nitrogens with one attached hydrogen (secondary N) is 1. The summed E-state index contributed by atoms with van der Waals surface area (Å²) in [5.74, 6) is -1.88. The number of benzene rings is 3. The van der Waals surface area contributed by atoms with Gasteiger partial charge in [-0.05, 0) is 87.1 Å². The van der Waals surface area contributed by atoms with Gasteiger partial charge >= 0.3 is 0 Å². The summed E-state index contributed by atoms with van der Waals surface area (Å²) in [5, 5.41) is 2.65. The fraction of sp³-hybridized carbons (Fsp3) is 0.455. The van der Waals surface area contributed by atoms with E-state index < -0.39 is 29.7 Å². The van der Waals surface area contributed by atoms with Gasteiger partial charge in [0.25, 0.3) is 11.8 Å². The zero-order valence-corrected chi connectivity index (χ0v) is 34.1. The second-order valence-electron chi connectivity index (χ2n) is 16.5. The van der Waals surface area contributed by atoms with Gasteiger partial charge in [0.05, 0.1) is 29.8 Å². The molecule has 1 N–H and O–H groups in total. The van der Waals surface area contributed by atoms with Crippen molar-refractivity contribution in [3.63, 3.8) is 0 Å². The molecular formula is C44H48ClFN8O5. The number of hydrogen-bond acceptors (Lipinski definition) is 9. The van der Waals surface area contributed by atoms with E-state index >= 15 is 4.39 Å². The largest absolute Gasteiger partial charge is 0.369 e. The summed E-state index contributed by atoms with van der Waals surface area (Å²) in [5.41, 5.74) is 3.98. The Hall–Kier alpha value is -5.52. The van der Waals surface area contributed by atoms with Gasteiger partial charge in [0.15, 0.2) is 0 Å². The van der Waals surface area contributed by atoms with Crippen LogP contribution in [0.2, 0.25) is 5.02 Å². The van der Waals surface area contributed by atoms with Crippen molar-refractivity contribution in [2.45, 2.75) is 64.1 Å². The molecule has 0 radical (unpaired) electrons. The van der Waals surface area contributed by atoms with Crippen LogP contribution < -0.4 is 20.0 Å². The minimum Gasteiger partial charge on any atom is -0.369 e. The van der Waals surface area contributed by atoms with E-state index in [2.05, 4.69) is 36.7 Å². The highest BCUT2D eigenvalue weighted by Crippen LogP contribution is 2.34. The van der Waals surface area contributed by atoms with Crippen molar-refractivity contribution >= 4 is 63.9 Å². The molecule has 308 valence electrons. The average Bonchev–Trinajstić information content (AvgIpc) is 3.47. The molecule has 59 heavy (non-hydrogen) atoms. The standard InChI is InChI=1S/C44H48ClFN8O5/c1-27-25-53(28(2)24-52(27)32-6-8-37(47-3)35(45)23-32)41(56)21-30-4-9-38(36(46)20-30)51-14-12-29(13-15-51)26-49-16-18-50(19-17-49)31-5-7-33-34(22-31)44(59)54(43(33)58)39-10-11-40(55)48-42(39)57/h4-9,20,22-23,27-29,39H,10-19,21,24-26H2,1-2H3,(H,48,55,57)/t27-,28+,39?/m0/s1. The predicted octanol–water partition coefficient (Wildman–Crippen LogP) is 5.14. The number of carbonyl (C=O) groups is 5. The van der Waals surface area contributed by atoms with E-state index in [0.29, 0.717) is 41.0 Å². The molecule has 15 heteroatoms. The zero-order chi connectivity index (χ0) is 41.5. The Balaban J connectivity index is 0.792. The molecule has 3 aromatic rings. The molecule has 4 fully saturated rings. The van der Waals surface area contributed by atoms with Crippen LogP contribution in [0.3, 0.4) is 0 Å². The lowest BCUT2D eigenvalue weighted by atomic mass is 9.95. The summed E-state index contributed by atoms with van der Waals surface area (Å²) in [6.45, 7) is 18.2. The number of halogens is 2. The number of nitrogens with zero attached hydrogens (tertiary/aromatic N) is 7. The predicted molar refractivity (Wildman–Crippen MR) is 223 cm³/mol. The number of piperazine rings is 2. The van der Waals surface area contributed by atoms with Gasteiger partial charge in [-0.3, -0.25) is 39.1 Å². The third-order valence-corrected chi connectivity index (χ3v) is 13.0. The molecule has 5 aliphatic heterocycles.